The van der Waals surface area contributed by atoms with Crippen molar-refractivity contribution in [3.8, 4) is 0 Å². The van der Waals surface area contributed by atoms with Crippen molar-refractivity contribution in [2.24, 2.45) is 5.41 Å². The molecule has 176 valence electrons. The van der Waals surface area contributed by atoms with Crippen LogP contribution in [0.2, 0.25) is 0 Å². The SMILES string of the molecule is CCCSc1ccccc1N1CCN(CCCCN2C(=O)CC3(CCCC3)CC2=O)CC1. The van der Waals surface area contributed by atoms with Crippen LogP contribution in [-0.4, -0.2) is 66.6 Å². The van der Waals surface area contributed by atoms with E-state index in [4.69, 9.17) is 0 Å². The average molecular weight is 458 g/mol. The highest BCUT2D eigenvalue weighted by atomic mass is 32.2. The van der Waals surface area contributed by atoms with Crippen LogP contribution in [0, 0.1) is 5.41 Å². The van der Waals surface area contributed by atoms with Gasteiger partial charge in [-0.25, -0.2) is 0 Å². The fraction of sp³-hybridized carbons (Fsp3) is 0.692. The van der Waals surface area contributed by atoms with Crippen LogP contribution in [0.5, 0.6) is 0 Å². The molecule has 6 heteroatoms. The quantitative estimate of drug-likeness (QED) is 0.303. The lowest BCUT2D eigenvalue weighted by Gasteiger charge is -2.38. The van der Waals surface area contributed by atoms with Gasteiger partial charge in [0.1, 0.15) is 0 Å². The van der Waals surface area contributed by atoms with Gasteiger partial charge in [0.25, 0.3) is 0 Å². The number of hydrogen-bond donors (Lipinski definition) is 0. The van der Waals surface area contributed by atoms with E-state index in [0.29, 0.717) is 19.4 Å². The molecule has 1 aromatic carbocycles. The Kier molecular flexibility index (Phi) is 8.17. The maximum Gasteiger partial charge on any atom is 0.229 e. The number of benzene rings is 1. The Morgan fingerprint density at radius 1 is 0.906 bits per heavy atom. The van der Waals surface area contributed by atoms with Gasteiger partial charge in [-0.1, -0.05) is 31.9 Å². The number of piperazine rings is 1. The number of carbonyl (C=O) groups is 2. The molecule has 5 nitrogen and oxygen atoms in total. The lowest BCUT2D eigenvalue weighted by molar-refractivity contribution is -0.153. The van der Waals surface area contributed by atoms with Crippen molar-refractivity contribution in [3.05, 3.63) is 24.3 Å². The summed E-state index contributed by atoms with van der Waals surface area (Å²) < 4.78 is 0. The van der Waals surface area contributed by atoms with Gasteiger partial charge < -0.3 is 4.90 Å². The number of unbranched alkanes of at least 4 members (excludes halogenated alkanes) is 1. The van der Waals surface area contributed by atoms with E-state index in [0.717, 1.165) is 58.4 Å². The van der Waals surface area contributed by atoms with E-state index >= 15 is 0 Å². The van der Waals surface area contributed by atoms with Gasteiger partial charge in [0.2, 0.25) is 11.8 Å². The van der Waals surface area contributed by atoms with Crippen LogP contribution in [0.3, 0.4) is 0 Å². The lowest BCUT2D eigenvalue weighted by Crippen LogP contribution is -2.48. The fourth-order valence-electron chi connectivity index (χ4n) is 5.63. The monoisotopic (exact) mass is 457 g/mol. The highest BCUT2D eigenvalue weighted by Gasteiger charge is 2.44. The third-order valence-electron chi connectivity index (χ3n) is 7.46. The Morgan fingerprint density at radius 2 is 1.56 bits per heavy atom. The minimum absolute atomic E-state index is 0.0119. The van der Waals surface area contributed by atoms with Crippen LogP contribution in [-0.2, 0) is 9.59 Å². The van der Waals surface area contributed by atoms with Crippen molar-refractivity contribution in [2.45, 2.75) is 69.6 Å². The molecule has 0 bridgehead atoms. The smallest absolute Gasteiger partial charge is 0.229 e. The zero-order chi connectivity index (χ0) is 22.4. The Bertz CT molecular complexity index is 765. The molecular weight excluding hydrogens is 418 g/mol. The summed E-state index contributed by atoms with van der Waals surface area (Å²) in [5, 5.41) is 0. The normalized spacial score (nSPS) is 21.7. The molecule has 32 heavy (non-hydrogen) atoms. The molecule has 0 aromatic heterocycles. The van der Waals surface area contributed by atoms with Gasteiger partial charge in [-0.15, -0.1) is 11.8 Å². The second-order valence-corrected chi connectivity index (χ2v) is 11.0. The van der Waals surface area contributed by atoms with Gasteiger partial charge >= 0.3 is 0 Å². The molecule has 0 atom stereocenters. The first-order valence-electron chi connectivity index (χ1n) is 12.6. The zero-order valence-corrected chi connectivity index (χ0v) is 20.5. The van der Waals surface area contributed by atoms with Gasteiger partial charge in [0.15, 0.2) is 0 Å². The molecule has 2 heterocycles. The van der Waals surface area contributed by atoms with Gasteiger partial charge in [-0.05, 0) is 61.9 Å². The first-order valence-corrected chi connectivity index (χ1v) is 13.6. The number of nitrogens with zero attached hydrogens (tertiary/aromatic N) is 3. The number of hydrogen-bond acceptors (Lipinski definition) is 5. The van der Waals surface area contributed by atoms with Gasteiger partial charge in [0, 0.05) is 50.5 Å². The average Bonchev–Trinajstić information content (AvgIpc) is 3.24. The van der Waals surface area contributed by atoms with Gasteiger partial charge in [-0.2, -0.15) is 0 Å². The maximum absolute atomic E-state index is 12.6. The van der Waals surface area contributed by atoms with Crippen molar-refractivity contribution in [1.29, 1.82) is 0 Å². The summed E-state index contributed by atoms with van der Waals surface area (Å²) in [5.41, 5.74) is 1.39. The summed E-state index contributed by atoms with van der Waals surface area (Å²) in [7, 11) is 0. The molecule has 1 saturated carbocycles. The first-order chi connectivity index (χ1) is 15.6. The molecule has 3 fully saturated rings. The van der Waals surface area contributed by atoms with E-state index in [1.807, 2.05) is 11.8 Å². The molecule has 3 aliphatic rings. The number of carbonyl (C=O) groups excluding carboxylic acids is 2. The Balaban J connectivity index is 1.17. The third-order valence-corrected chi connectivity index (χ3v) is 8.73. The van der Waals surface area contributed by atoms with Crippen LogP contribution < -0.4 is 4.90 Å². The van der Waals surface area contributed by atoms with Gasteiger partial charge in [-0.3, -0.25) is 19.4 Å². The van der Waals surface area contributed by atoms with Crippen LogP contribution in [0.25, 0.3) is 0 Å². The fourth-order valence-corrected chi connectivity index (χ4v) is 6.58. The molecule has 0 unspecified atom stereocenters. The number of anilines is 1. The Morgan fingerprint density at radius 3 is 2.25 bits per heavy atom. The molecule has 1 spiro atoms. The van der Waals surface area contributed by atoms with Crippen LogP contribution in [0.1, 0.15) is 64.7 Å². The predicted octanol–water partition coefficient (Wildman–Crippen LogP) is 4.80. The summed E-state index contributed by atoms with van der Waals surface area (Å²) in [4.78, 5) is 33.2. The van der Waals surface area contributed by atoms with E-state index in [1.54, 1.807) is 4.90 Å². The molecular formula is C26H39N3O2S. The first kappa shape index (κ1) is 23.6. The third kappa shape index (κ3) is 5.69. The minimum Gasteiger partial charge on any atom is -0.368 e. The molecule has 4 rings (SSSR count). The number of imide groups is 1. The number of piperidine rings is 1. The topological polar surface area (TPSA) is 43.9 Å². The molecule has 2 aliphatic heterocycles. The molecule has 2 amide bonds. The van der Waals surface area contributed by atoms with Crippen molar-refractivity contribution in [2.75, 3.05) is 49.9 Å². The van der Waals surface area contributed by atoms with E-state index < -0.39 is 0 Å². The summed E-state index contributed by atoms with van der Waals surface area (Å²) >= 11 is 1.96. The largest absolute Gasteiger partial charge is 0.368 e. The molecule has 1 aromatic rings. The second-order valence-electron chi connectivity index (χ2n) is 9.85. The summed E-state index contributed by atoms with van der Waals surface area (Å²) in [6, 6.07) is 8.80. The zero-order valence-electron chi connectivity index (χ0n) is 19.7. The van der Waals surface area contributed by atoms with Gasteiger partial charge in [0.05, 0.1) is 5.69 Å². The second kappa shape index (κ2) is 11.1. The summed E-state index contributed by atoms with van der Waals surface area (Å²) in [6.07, 6.45) is 8.83. The highest BCUT2D eigenvalue weighted by molar-refractivity contribution is 7.99. The Labute approximate surface area is 197 Å². The predicted molar refractivity (Wildman–Crippen MR) is 132 cm³/mol. The number of amides is 2. The number of para-hydroxylation sites is 1. The van der Waals surface area contributed by atoms with Crippen molar-refractivity contribution < 1.29 is 9.59 Å². The van der Waals surface area contributed by atoms with Crippen molar-refractivity contribution in [1.82, 2.24) is 9.80 Å². The Hall–Kier alpha value is -1.53. The minimum atomic E-state index is 0.0119. The standard InChI is InChI=1S/C26H39N3O2S/c1-2-19-32-23-10-4-3-9-22(23)28-17-15-27(16-18-28)13-7-8-14-29-24(30)20-26(21-25(29)31)11-5-6-12-26/h3-4,9-10H,2,5-8,11-21H2,1H3. The van der Waals surface area contributed by atoms with E-state index in [2.05, 4.69) is 41.0 Å². The van der Waals surface area contributed by atoms with Crippen molar-refractivity contribution >= 4 is 29.3 Å². The summed E-state index contributed by atoms with van der Waals surface area (Å²) in [6.45, 7) is 8.19. The van der Waals surface area contributed by atoms with E-state index in [9.17, 15) is 9.59 Å². The number of rotatable bonds is 9. The van der Waals surface area contributed by atoms with E-state index in [-0.39, 0.29) is 17.2 Å². The number of thioether (sulfide) groups is 1. The highest BCUT2D eigenvalue weighted by Crippen LogP contribution is 2.46. The van der Waals surface area contributed by atoms with Crippen LogP contribution >= 0.6 is 11.8 Å². The van der Waals surface area contributed by atoms with Crippen LogP contribution in [0.4, 0.5) is 5.69 Å². The molecule has 1 aliphatic carbocycles. The van der Waals surface area contributed by atoms with E-state index in [1.165, 1.54) is 35.6 Å². The lowest BCUT2D eigenvalue weighted by atomic mass is 9.76. The molecule has 0 N–H and O–H groups in total. The number of likely N-dealkylation sites (tertiary alicyclic amines) is 1. The van der Waals surface area contributed by atoms with Crippen molar-refractivity contribution in [3.63, 3.8) is 0 Å². The molecule has 2 saturated heterocycles. The maximum atomic E-state index is 12.6. The molecule has 0 radical (unpaired) electrons. The summed E-state index contributed by atoms with van der Waals surface area (Å²) in [5.74, 6) is 1.33. The van der Waals surface area contributed by atoms with Crippen LogP contribution in [0.15, 0.2) is 29.2 Å².